The van der Waals surface area contributed by atoms with Crippen LogP contribution in [0.4, 0.5) is 5.69 Å². The number of likely N-dealkylation sites (N-methyl/N-ethyl adjacent to an activating group) is 1. The Labute approximate surface area is 193 Å². The van der Waals surface area contributed by atoms with E-state index in [4.69, 9.17) is 4.42 Å². The van der Waals surface area contributed by atoms with Gasteiger partial charge in [0.05, 0.1) is 23.8 Å². The molecule has 1 aliphatic carbocycles. The number of amides is 2. The number of rotatable bonds is 7. The molecule has 2 aliphatic rings. The van der Waals surface area contributed by atoms with Crippen molar-refractivity contribution < 1.29 is 18.9 Å². The summed E-state index contributed by atoms with van der Waals surface area (Å²) >= 11 is 0. The number of piperazine rings is 1. The Morgan fingerprint density at radius 1 is 1.12 bits per heavy atom. The Kier molecular flexibility index (Phi) is 7.08. The molecule has 1 aliphatic heterocycles. The summed E-state index contributed by atoms with van der Waals surface area (Å²) < 4.78 is 5.42. The second kappa shape index (κ2) is 10.2. The van der Waals surface area contributed by atoms with Crippen LogP contribution in [0.25, 0.3) is 0 Å². The molecule has 2 heterocycles. The molecule has 1 saturated carbocycles. The monoisotopic (exact) mass is 454 g/mol. The minimum atomic E-state index is -0.476. The van der Waals surface area contributed by atoms with Gasteiger partial charge in [-0.3, -0.25) is 24.6 Å². The minimum Gasteiger partial charge on any atom is -0.467 e. The zero-order chi connectivity index (χ0) is 23.4. The predicted molar refractivity (Wildman–Crippen MR) is 122 cm³/mol. The molecular weight excluding hydrogens is 424 g/mol. The van der Waals surface area contributed by atoms with Gasteiger partial charge in [-0.25, -0.2) is 0 Å². The summed E-state index contributed by atoms with van der Waals surface area (Å²) in [6.07, 6.45) is 6.01. The lowest BCUT2D eigenvalue weighted by Crippen LogP contribution is -2.58. The van der Waals surface area contributed by atoms with Gasteiger partial charge in [0.25, 0.3) is 11.6 Å². The second-order valence-electron chi connectivity index (χ2n) is 8.90. The molecular formula is C24H30N4O5. The van der Waals surface area contributed by atoms with E-state index in [-0.39, 0.29) is 23.5 Å². The van der Waals surface area contributed by atoms with E-state index in [2.05, 4.69) is 4.90 Å². The molecule has 1 aromatic heterocycles. The fourth-order valence-corrected chi connectivity index (χ4v) is 4.98. The molecule has 9 heteroatoms. The molecule has 0 spiro atoms. The molecule has 4 rings (SSSR count). The van der Waals surface area contributed by atoms with Crippen LogP contribution in [-0.4, -0.2) is 70.7 Å². The van der Waals surface area contributed by atoms with Crippen molar-refractivity contribution in [2.24, 2.45) is 5.92 Å². The number of hydrogen-bond donors (Lipinski definition) is 0. The highest BCUT2D eigenvalue weighted by Crippen LogP contribution is 2.32. The predicted octanol–water partition coefficient (Wildman–Crippen LogP) is 3.16. The van der Waals surface area contributed by atoms with Crippen molar-refractivity contribution in [3.05, 3.63) is 64.1 Å². The summed E-state index contributed by atoms with van der Waals surface area (Å²) in [6, 6.07) is 9.22. The Morgan fingerprint density at radius 2 is 1.79 bits per heavy atom. The highest BCUT2D eigenvalue weighted by atomic mass is 16.6. The summed E-state index contributed by atoms with van der Waals surface area (Å²) in [5, 5.41) is 10.9. The molecule has 176 valence electrons. The summed E-state index contributed by atoms with van der Waals surface area (Å²) in [5.41, 5.74) is 0.406. The van der Waals surface area contributed by atoms with Gasteiger partial charge in [0.1, 0.15) is 5.76 Å². The van der Waals surface area contributed by atoms with Crippen molar-refractivity contribution in [2.45, 2.75) is 38.3 Å². The van der Waals surface area contributed by atoms with E-state index >= 15 is 0 Å². The standard InChI is InChI=1S/C24H30N4O5/c1-25(17-21-7-4-16-33-21)24(30)22(18-5-2-3-6-18)26-12-14-27(15-13-26)23(29)19-8-10-20(11-9-19)28(31)32/h4,7-11,16,18,22H,2-3,5-6,12-15,17H2,1H3. The third-order valence-corrected chi connectivity index (χ3v) is 6.77. The number of furan rings is 1. The van der Waals surface area contributed by atoms with Crippen molar-refractivity contribution >= 4 is 17.5 Å². The third kappa shape index (κ3) is 5.24. The smallest absolute Gasteiger partial charge is 0.269 e. The van der Waals surface area contributed by atoms with Crippen molar-refractivity contribution in [2.75, 3.05) is 33.2 Å². The molecule has 2 amide bonds. The fourth-order valence-electron chi connectivity index (χ4n) is 4.98. The first kappa shape index (κ1) is 23.0. The van der Waals surface area contributed by atoms with Gasteiger partial charge < -0.3 is 14.2 Å². The zero-order valence-electron chi connectivity index (χ0n) is 18.9. The first-order valence-corrected chi connectivity index (χ1v) is 11.5. The van der Waals surface area contributed by atoms with Crippen LogP contribution in [0, 0.1) is 16.0 Å². The molecule has 1 atom stereocenters. The Hall–Kier alpha value is -3.20. The minimum absolute atomic E-state index is 0.0343. The molecule has 9 nitrogen and oxygen atoms in total. The van der Waals surface area contributed by atoms with Gasteiger partial charge in [-0.2, -0.15) is 0 Å². The van der Waals surface area contributed by atoms with Crippen LogP contribution in [0.3, 0.4) is 0 Å². The Balaban J connectivity index is 1.40. The number of non-ortho nitro benzene ring substituents is 1. The summed E-state index contributed by atoms with van der Waals surface area (Å²) in [7, 11) is 1.82. The molecule has 1 saturated heterocycles. The molecule has 33 heavy (non-hydrogen) atoms. The van der Waals surface area contributed by atoms with Gasteiger partial charge in [0, 0.05) is 50.9 Å². The number of hydrogen-bond acceptors (Lipinski definition) is 6. The van der Waals surface area contributed by atoms with Crippen LogP contribution in [0.5, 0.6) is 0 Å². The number of nitro groups is 1. The van der Waals surface area contributed by atoms with Crippen LogP contribution in [0.2, 0.25) is 0 Å². The molecule has 1 unspecified atom stereocenters. The van der Waals surface area contributed by atoms with Gasteiger partial charge in [-0.1, -0.05) is 12.8 Å². The SMILES string of the molecule is CN(Cc1ccco1)C(=O)C(C1CCCC1)N1CCN(C(=O)c2ccc([N+](=O)[O-])cc2)CC1. The summed E-state index contributed by atoms with van der Waals surface area (Å²) in [6.45, 7) is 2.73. The van der Waals surface area contributed by atoms with E-state index in [1.807, 2.05) is 19.2 Å². The number of nitrogens with zero attached hydrogens (tertiary/aromatic N) is 4. The first-order valence-electron chi connectivity index (χ1n) is 11.5. The summed E-state index contributed by atoms with van der Waals surface area (Å²) in [4.78, 5) is 42.5. The van der Waals surface area contributed by atoms with E-state index in [0.29, 0.717) is 44.2 Å². The Bertz CT molecular complexity index is 961. The van der Waals surface area contributed by atoms with Crippen molar-refractivity contribution in [3.63, 3.8) is 0 Å². The maximum absolute atomic E-state index is 13.5. The molecule has 0 bridgehead atoms. The van der Waals surface area contributed by atoms with E-state index in [9.17, 15) is 19.7 Å². The lowest BCUT2D eigenvalue weighted by molar-refractivity contribution is -0.384. The number of carbonyl (C=O) groups excluding carboxylic acids is 2. The third-order valence-electron chi connectivity index (χ3n) is 6.77. The van der Waals surface area contributed by atoms with Crippen LogP contribution < -0.4 is 0 Å². The maximum atomic E-state index is 13.5. The average Bonchev–Trinajstić information content (AvgIpc) is 3.54. The van der Waals surface area contributed by atoms with Crippen molar-refractivity contribution in [1.29, 1.82) is 0 Å². The largest absolute Gasteiger partial charge is 0.467 e. The summed E-state index contributed by atoms with van der Waals surface area (Å²) in [5.74, 6) is 1.06. The number of carbonyl (C=O) groups is 2. The Morgan fingerprint density at radius 3 is 2.36 bits per heavy atom. The van der Waals surface area contributed by atoms with Crippen molar-refractivity contribution in [1.82, 2.24) is 14.7 Å². The molecule has 1 aromatic carbocycles. The highest BCUT2D eigenvalue weighted by molar-refractivity contribution is 5.94. The molecule has 2 fully saturated rings. The van der Waals surface area contributed by atoms with Gasteiger partial charge in [0.2, 0.25) is 5.91 Å². The normalized spacial score (nSPS) is 18.3. The second-order valence-corrected chi connectivity index (χ2v) is 8.90. The highest BCUT2D eigenvalue weighted by Gasteiger charge is 2.38. The van der Waals surface area contributed by atoms with Gasteiger partial charge in [-0.05, 0) is 43.0 Å². The molecule has 0 N–H and O–H groups in total. The quantitative estimate of drug-likeness (QED) is 0.471. The fraction of sp³-hybridized carbons (Fsp3) is 0.500. The van der Waals surface area contributed by atoms with E-state index in [1.54, 1.807) is 16.1 Å². The van der Waals surface area contributed by atoms with Gasteiger partial charge in [0.15, 0.2) is 0 Å². The van der Waals surface area contributed by atoms with Crippen LogP contribution >= 0.6 is 0 Å². The van der Waals surface area contributed by atoms with Crippen LogP contribution in [0.15, 0.2) is 47.1 Å². The van der Waals surface area contributed by atoms with Crippen molar-refractivity contribution in [3.8, 4) is 0 Å². The molecule has 2 aromatic rings. The van der Waals surface area contributed by atoms with E-state index in [1.165, 1.54) is 24.3 Å². The van der Waals surface area contributed by atoms with E-state index in [0.717, 1.165) is 31.4 Å². The first-order chi connectivity index (χ1) is 15.9. The van der Waals surface area contributed by atoms with Gasteiger partial charge >= 0.3 is 0 Å². The zero-order valence-corrected chi connectivity index (χ0v) is 18.9. The number of benzene rings is 1. The van der Waals surface area contributed by atoms with Crippen LogP contribution in [-0.2, 0) is 11.3 Å². The number of nitro benzene ring substituents is 1. The van der Waals surface area contributed by atoms with Gasteiger partial charge in [-0.15, -0.1) is 0 Å². The topological polar surface area (TPSA) is 100 Å². The lowest BCUT2D eigenvalue weighted by Gasteiger charge is -2.42. The van der Waals surface area contributed by atoms with E-state index < -0.39 is 4.92 Å². The maximum Gasteiger partial charge on any atom is 0.269 e. The lowest BCUT2D eigenvalue weighted by atomic mass is 9.94. The molecule has 0 radical (unpaired) electrons. The average molecular weight is 455 g/mol. The van der Waals surface area contributed by atoms with Crippen LogP contribution in [0.1, 0.15) is 41.8 Å².